The molecular formula is C19H24O10. The van der Waals surface area contributed by atoms with Gasteiger partial charge in [0.2, 0.25) is 0 Å². The number of hydrogen-bond donors (Lipinski definition) is 0. The van der Waals surface area contributed by atoms with Gasteiger partial charge < -0.3 is 18.9 Å². The summed E-state index contributed by atoms with van der Waals surface area (Å²) in [5.41, 5.74) is -0.102. The molecule has 0 amide bonds. The van der Waals surface area contributed by atoms with Crippen LogP contribution in [0.15, 0.2) is 24.8 Å². The molecule has 0 fully saturated rings. The first kappa shape index (κ1) is 25.7. The van der Waals surface area contributed by atoms with Crippen LogP contribution < -0.4 is 0 Å². The highest BCUT2D eigenvalue weighted by atomic mass is 16.8. The van der Waals surface area contributed by atoms with E-state index in [1.165, 1.54) is 13.8 Å². The van der Waals surface area contributed by atoms with Gasteiger partial charge in [-0.25, -0.2) is 9.59 Å². The van der Waals surface area contributed by atoms with Crippen LogP contribution in [0.4, 0.5) is 0 Å². The summed E-state index contributed by atoms with van der Waals surface area (Å²) >= 11 is 0. The highest BCUT2D eigenvalue weighted by molar-refractivity contribution is 5.95. The van der Waals surface area contributed by atoms with Gasteiger partial charge in [-0.3, -0.25) is 19.2 Å². The summed E-state index contributed by atoms with van der Waals surface area (Å²) in [7, 11) is 0. The van der Waals surface area contributed by atoms with Crippen molar-refractivity contribution in [2.75, 3.05) is 6.61 Å². The van der Waals surface area contributed by atoms with Gasteiger partial charge in [-0.05, 0) is 27.7 Å². The minimum atomic E-state index is -2.44. The molecule has 0 radical (unpaired) electrons. The second-order valence-electron chi connectivity index (χ2n) is 6.16. The molecule has 10 heteroatoms. The number of Topliss-reactive ketones (excluding diaryl/α,β-unsaturated/α-hetero) is 2. The fourth-order valence-corrected chi connectivity index (χ4v) is 1.80. The first-order valence-corrected chi connectivity index (χ1v) is 8.41. The summed E-state index contributed by atoms with van der Waals surface area (Å²) in [6.45, 7) is 10.5. The Hall–Kier alpha value is -3.30. The molecule has 0 aromatic heterocycles. The largest absolute Gasteiger partial charge is 0.454 e. The molecule has 0 spiro atoms. The van der Waals surface area contributed by atoms with Crippen LogP contribution in [-0.4, -0.2) is 53.9 Å². The topological polar surface area (TPSA) is 139 Å². The number of hydrogen-bond acceptors (Lipinski definition) is 10. The van der Waals surface area contributed by atoms with Gasteiger partial charge in [-0.15, -0.1) is 0 Å². The fraction of sp³-hybridized carbons (Fsp3) is 0.474. The first-order chi connectivity index (χ1) is 13.3. The number of esters is 4. The quantitative estimate of drug-likeness (QED) is 0.150. The lowest BCUT2D eigenvalue weighted by atomic mass is 10.1. The van der Waals surface area contributed by atoms with E-state index in [-0.39, 0.29) is 5.57 Å². The first-order valence-electron chi connectivity index (χ1n) is 8.41. The zero-order valence-electron chi connectivity index (χ0n) is 16.8. The van der Waals surface area contributed by atoms with Crippen LogP contribution in [-0.2, 0) is 47.7 Å². The van der Waals surface area contributed by atoms with Crippen LogP contribution in [0.25, 0.3) is 0 Å². The highest BCUT2D eigenvalue weighted by Crippen LogP contribution is 2.25. The van der Waals surface area contributed by atoms with Crippen molar-refractivity contribution in [3.8, 4) is 0 Å². The molecule has 0 rings (SSSR count). The molecule has 0 heterocycles. The highest BCUT2D eigenvalue weighted by Gasteiger charge is 2.48. The second-order valence-corrected chi connectivity index (χ2v) is 6.16. The molecule has 0 bridgehead atoms. The van der Waals surface area contributed by atoms with Crippen molar-refractivity contribution in [3.63, 3.8) is 0 Å². The van der Waals surface area contributed by atoms with E-state index in [4.69, 9.17) is 18.9 Å². The molecule has 2 atom stereocenters. The third-order valence-electron chi connectivity index (χ3n) is 3.20. The van der Waals surface area contributed by atoms with Crippen molar-refractivity contribution in [1.29, 1.82) is 0 Å². The van der Waals surface area contributed by atoms with E-state index < -0.39 is 66.8 Å². The molecule has 0 N–H and O–H groups in total. The van der Waals surface area contributed by atoms with Crippen LogP contribution in [0.2, 0.25) is 0 Å². The molecule has 10 nitrogen and oxygen atoms in total. The van der Waals surface area contributed by atoms with Gasteiger partial charge >= 0.3 is 29.7 Å². The lowest BCUT2D eigenvalue weighted by molar-refractivity contribution is -0.274. The Labute approximate surface area is 167 Å². The fourth-order valence-electron chi connectivity index (χ4n) is 1.80. The molecule has 0 aromatic rings. The van der Waals surface area contributed by atoms with Gasteiger partial charge in [-0.1, -0.05) is 13.2 Å². The Morgan fingerprint density at radius 3 is 1.90 bits per heavy atom. The maximum atomic E-state index is 12.1. The zero-order valence-corrected chi connectivity index (χ0v) is 16.8. The SMILES string of the molecule is C=CC(=O)OCC(OC(=O)CC(C)=O)(OC(=O)C(=C)C)C(C)OC(=O)CC(C)=O. The van der Waals surface area contributed by atoms with Crippen molar-refractivity contribution < 1.29 is 47.7 Å². The minimum Gasteiger partial charge on any atom is -0.454 e. The Bertz CT molecular complexity index is 721. The summed E-state index contributed by atoms with van der Waals surface area (Å²) in [5.74, 6) is -7.63. The van der Waals surface area contributed by atoms with E-state index in [9.17, 15) is 28.8 Å². The van der Waals surface area contributed by atoms with Crippen molar-refractivity contribution in [3.05, 3.63) is 24.8 Å². The van der Waals surface area contributed by atoms with E-state index in [2.05, 4.69) is 13.2 Å². The van der Waals surface area contributed by atoms with Crippen LogP contribution in [0, 0.1) is 0 Å². The maximum Gasteiger partial charge on any atom is 0.336 e. The predicted octanol–water partition coefficient (Wildman–Crippen LogP) is 0.964. The monoisotopic (exact) mass is 412 g/mol. The minimum absolute atomic E-state index is 0.102. The molecule has 0 aliphatic heterocycles. The van der Waals surface area contributed by atoms with Crippen LogP contribution in [0.3, 0.4) is 0 Å². The van der Waals surface area contributed by atoms with Gasteiger partial charge in [0, 0.05) is 11.6 Å². The van der Waals surface area contributed by atoms with Gasteiger partial charge in [0.25, 0.3) is 0 Å². The maximum absolute atomic E-state index is 12.1. The van der Waals surface area contributed by atoms with Gasteiger partial charge in [0.15, 0.2) is 12.7 Å². The molecule has 0 saturated carbocycles. The number of rotatable bonds is 12. The number of ether oxygens (including phenoxy) is 4. The van der Waals surface area contributed by atoms with E-state index in [0.29, 0.717) is 0 Å². The second kappa shape index (κ2) is 11.5. The van der Waals surface area contributed by atoms with E-state index in [1.54, 1.807) is 0 Å². The standard InChI is InChI=1S/C19H24O10/c1-7-15(22)26-10-19(29-18(25)11(2)3,28-17(24)9-13(5)21)14(6)27-16(23)8-12(4)20/h7,14H,1-2,8-10H2,3-6H3. The summed E-state index contributed by atoms with van der Waals surface area (Å²) in [6.07, 6.45) is -2.00. The Morgan fingerprint density at radius 1 is 0.931 bits per heavy atom. The molecule has 0 saturated heterocycles. The molecule has 29 heavy (non-hydrogen) atoms. The summed E-state index contributed by atoms with van der Waals surface area (Å²) in [5, 5.41) is 0. The van der Waals surface area contributed by atoms with Crippen molar-refractivity contribution in [2.24, 2.45) is 0 Å². The predicted molar refractivity (Wildman–Crippen MR) is 97.0 cm³/mol. The summed E-state index contributed by atoms with van der Waals surface area (Å²) in [6, 6.07) is 0. The zero-order chi connectivity index (χ0) is 22.8. The van der Waals surface area contributed by atoms with Crippen molar-refractivity contribution in [1.82, 2.24) is 0 Å². The van der Waals surface area contributed by atoms with Crippen LogP contribution in [0.5, 0.6) is 0 Å². The third kappa shape index (κ3) is 9.45. The average molecular weight is 412 g/mol. The van der Waals surface area contributed by atoms with Crippen molar-refractivity contribution in [2.45, 2.75) is 52.4 Å². The van der Waals surface area contributed by atoms with Gasteiger partial charge in [0.1, 0.15) is 24.4 Å². The normalized spacial score (nSPS) is 13.1. The Balaban J connectivity index is 5.99. The van der Waals surface area contributed by atoms with Gasteiger partial charge in [-0.2, -0.15) is 0 Å². The number of carbonyl (C=O) groups is 6. The smallest absolute Gasteiger partial charge is 0.336 e. The third-order valence-corrected chi connectivity index (χ3v) is 3.20. The van der Waals surface area contributed by atoms with Crippen LogP contribution >= 0.6 is 0 Å². The summed E-state index contributed by atoms with van der Waals surface area (Å²) in [4.78, 5) is 69.9. The Morgan fingerprint density at radius 2 is 1.45 bits per heavy atom. The Kier molecular flexibility index (Phi) is 10.2. The average Bonchev–Trinajstić information content (AvgIpc) is 2.57. The van der Waals surface area contributed by atoms with E-state index in [1.807, 2.05) is 0 Å². The van der Waals surface area contributed by atoms with E-state index >= 15 is 0 Å². The van der Waals surface area contributed by atoms with Gasteiger partial charge in [0.05, 0.1) is 0 Å². The molecule has 2 unspecified atom stereocenters. The lowest BCUT2D eigenvalue weighted by Crippen LogP contribution is -2.54. The molecule has 0 aromatic carbocycles. The number of ketones is 2. The lowest BCUT2D eigenvalue weighted by Gasteiger charge is -2.36. The van der Waals surface area contributed by atoms with E-state index in [0.717, 1.165) is 19.9 Å². The van der Waals surface area contributed by atoms with Crippen LogP contribution in [0.1, 0.15) is 40.5 Å². The summed E-state index contributed by atoms with van der Waals surface area (Å²) < 4.78 is 20.1. The number of carbonyl (C=O) groups excluding carboxylic acids is 6. The molecule has 0 aliphatic carbocycles. The van der Waals surface area contributed by atoms with Crippen molar-refractivity contribution >= 4 is 35.4 Å². The molecule has 160 valence electrons. The molecule has 0 aliphatic rings. The molecular weight excluding hydrogens is 388 g/mol.